The van der Waals surface area contributed by atoms with E-state index in [-0.39, 0.29) is 22.9 Å². The number of benzene rings is 2. The van der Waals surface area contributed by atoms with E-state index in [2.05, 4.69) is 15.3 Å². The summed E-state index contributed by atoms with van der Waals surface area (Å²) in [5, 5.41) is 12.9. The lowest BCUT2D eigenvalue weighted by molar-refractivity contribution is 0.419. The molecule has 0 saturated carbocycles. The molecule has 4 rings (SSSR count). The first-order chi connectivity index (χ1) is 15.0. The van der Waals surface area contributed by atoms with Crippen molar-refractivity contribution in [3.8, 4) is 17.5 Å². The van der Waals surface area contributed by atoms with Crippen molar-refractivity contribution in [1.29, 1.82) is 5.26 Å². The largest absolute Gasteiger partial charge is 0.496 e. The quantitative estimate of drug-likeness (QED) is 0.510. The molecule has 0 aliphatic heterocycles. The van der Waals surface area contributed by atoms with Gasteiger partial charge in [0.1, 0.15) is 34.4 Å². The van der Waals surface area contributed by atoms with E-state index in [0.29, 0.717) is 28.2 Å². The molecule has 0 saturated heterocycles. The Labute approximate surface area is 177 Å². The predicted octanol–water partition coefficient (Wildman–Crippen LogP) is 2.81. The minimum Gasteiger partial charge on any atom is -0.496 e. The van der Waals surface area contributed by atoms with Crippen LogP contribution in [0.15, 0.2) is 59.5 Å². The molecule has 4 aromatic rings. The fourth-order valence-electron chi connectivity index (χ4n) is 3.36. The second-order valence-electron chi connectivity index (χ2n) is 6.77. The summed E-state index contributed by atoms with van der Waals surface area (Å²) in [7, 11) is 1.52. The maximum absolute atomic E-state index is 13.6. The van der Waals surface area contributed by atoms with Crippen LogP contribution in [0, 0.1) is 11.3 Å². The molecule has 0 aliphatic carbocycles. The number of nitrogens with one attached hydrogen (secondary N) is 1. The van der Waals surface area contributed by atoms with Crippen molar-refractivity contribution in [2.24, 2.45) is 0 Å². The Bertz CT molecular complexity index is 1360. The van der Waals surface area contributed by atoms with Gasteiger partial charge in [-0.05, 0) is 31.2 Å². The summed E-state index contributed by atoms with van der Waals surface area (Å²) in [6.07, 6.45) is 1.35. The minimum atomic E-state index is -0.495. The van der Waals surface area contributed by atoms with Gasteiger partial charge >= 0.3 is 0 Å². The van der Waals surface area contributed by atoms with Gasteiger partial charge in [0, 0.05) is 0 Å². The highest BCUT2D eigenvalue weighted by molar-refractivity contribution is 5.84. The Hall–Kier alpha value is -4.45. The maximum atomic E-state index is 13.6. The number of nitrogens with zero attached hydrogens (tertiary/aromatic N) is 5. The van der Waals surface area contributed by atoms with E-state index in [1.54, 1.807) is 18.2 Å². The fraction of sp³-hybridized carbons (Fsp3) is 0.136. The first-order valence-corrected chi connectivity index (χ1v) is 9.47. The molecule has 3 N–H and O–H groups in total. The summed E-state index contributed by atoms with van der Waals surface area (Å²) < 4.78 is 6.93. The van der Waals surface area contributed by atoms with Crippen LogP contribution in [0.5, 0.6) is 5.75 Å². The topological polar surface area (TPSA) is 132 Å². The molecule has 9 heteroatoms. The Kier molecular flexibility index (Phi) is 5.20. The van der Waals surface area contributed by atoms with Gasteiger partial charge in [-0.1, -0.05) is 24.3 Å². The molecule has 0 aliphatic rings. The normalized spacial score (nSPS) is 11.6. The molecule has 0 bridgehead atoms. The van der Waals surface area contributed by atoms with E-state index in [1.165, 1.54) is 17.9 Å². The highest BCUT2D eigenvalue weighted by Crippen LogP contribution is 2.26. The number of nitrogen functional groups attached to an aromatic ring is 1. The number of nitriles is 1. The van der Waals surface area contributed by atoms with Crippen LogP contribution in [0.2, 0.25) is 0 Å². The molecular formula is C22H19N7O2. The molecule has 1 atom stereocenters. The second kappa shape index (κ2) is 8.12. The molecule has 2 heterocycles. The van der Waals surface area contributed by atoms with Crippen LogP contribution in [0.4, 0.5) is 11.8 Å². The van der Waals surface area contributed by atoms with Crippen molar-refractivity contribution in [2.45, 2.75) is 13.0 Å². The van der Waals surface area contributed by atoms with Crippen molar-refractivity contribution < 1.29 is 4.74 Å². The minimum absolute atomic E-state index is 0.0327. The lowest BCUT2D eigenvalue weighted by Gasteiger charge is -2.21. The van der Waals surface area contributed by atoms with Crippen molar-refractivity contribution in [1.82, 2.24) is 19.5 Å². The molecule has 0 amide bonds. The number of anilines is 2. The Balaban J connectivity index is 1.94. The van der Waals surface area contributed by atoms with Crippen molar-refractivity contribution >= 4 is 22.7 Å². The third-order valence-corrected chi connectivity index (χ3v) is 4.79. The number of aromatic nitrogens is 4. The third-order valence-electron chi connectivity index (χ3n) is 4.79. The molecule has 154 valence electrons. The van der Waals surface area contributed by atoms with Crippen LogP contribution >= 0.6 is 0 Å². The van der Waals surface area contributed by atoms with Gasteiger partial charge in [0.15, 0.2) is 0 Å². The van der Waals surface area contributed by atoms with Gasteiger partial charge in [0.2, 0.25) is 5.95 Å². The zero-order valence-corrected chi connectivity index (χ0v) is 16.9. The molecule has 0 fully saturated rings. The van der Waals surface area contributed by atoms with E-state index in [4.69, 9.17) is 15.5 Å². The Morgan fingerprint density at radius 3 is 2.65 bits per heavy atom. The number of nitrogens with two attached hydrogens (primary N) is 1. The van der Waals surface area contributed by atoms with E-state index in [0.717, 1.165) is 0 Å². The number of ether oxygens (including phenoxy) is 1. The van der Waals surface area contributed by atoms with Crippen molar-refractivity contribution in [3.63, 3.8) is 0 Å². The zero-order chi connectivity index (χ0) is 22.0. The molecule has 1 unspecified atom stereocenters. The van der Waals surface area contributed by atoms with Gasteiger partial charge in [-0.15, -0.1) is 0 Å². The fourth-order valence-corrected chi connectivity index (χ4v) is 3.36. The average Bonchev–Trinajstić information content (AvgIpc) is 2.79. The summed E-state index contributed by atoms with van der Waals surface area (Å²) in [4.78, 5) is 26.3. The highest BCUT2D eigenvalue weighted by Gasteiger charge is 2.21. The standard InChI is InChI=1S/C22H19N7O2/c1-13(26-19-14(11-23)12-25-22(24)28-19)20-27-16-9-6-10-17(31-2)18(16)21(30)29(20)15-7-4-3-5-8-15/h3-10,12-13H,1-2H3,(H3,24,25,26,28). The first-order valence-electron chi connectivity index (χ1n) is 9.47. The van der Waals surface area contributed by atoms with Crippen LogP contribution in [-0.2, 0) is 0 Å². The number of methoxy groups -OCH3 is 1. The highest BCUT2D eigenvalue weighted by atomic mass is 16.5. The van der Waals surface area contributed by atoms with Crippen LogP contribution in [0.3, 0.4) is 0 Å². The third kappa shape index (κ3) is 3.62. The van der Waals surface area contributed by atoms with E-state index >= 15 is 0 Å². The molecule has 0 radical (unpaired) electrons. The van der Waals surface area contributed by atoms with Gasteiger partial charge in [0.05, 0.1) is 30.6 Å². The number of para-hydroxylation sites is 1. The number of hydrogen-bond acceptors (Lipinski definition) is 8. The molecule has 2 aromatic carbocycles. The van der Waals surface area contributed by atoms with Crippen LogP contribution in [-0.4, -0.2) is 26.6 Å². The van der Waals surface area contributed by atoms with Crippen LogP contribution < -0.4 is 21.3 Å². The summed E-state index contributed by atoms with van der Waals surface area (Å²) in [6, 6.07) is 16.0. The van der Waals surface area contributed by atoms with Crippen molar-refractivity contribution in [2.75, 3.05) is 18.2 Å². The number of rotatable bonds is 5. The van der Waals surface area contributed by atoms with Gasteiger partial charge in [-0.25, -0.2) is 9.97 Å². The molecular weight excluding hydrogens is 394 g/mol. The SMILES string of the molecule is COc1cccc2nc(C(C)Nc3nc(N)ncc3C#N)n(-c3ccccc3)c(=O)c12. The zero-order valence-electron chi connectivity index (χ0n) is 16.9. The number of hydrogen-bond donors (Lipinski definition) is 2. The van der Waals surface area contributed by atoms with Gasteiger partial charge in [-0.2, -0.15) is 10.2 Å². The Morgan fingerprint density at radius 1 is 1.16 bits per heavy atom. The maximum Gasteiger partial charge on any atom is 0.269 e. The molecule has 31 heavy (non-hydrogen) atoms. The van der Waals surface area contributed by atoms with E-state index in [1.807, 2.05) is 43.3 Å². The smallest absolute Gasteiger partial charge is 0.269 e. The second-order valence-corrected chi connectivity index (χ2v) is 6.77. The van der Waals surface area contributed by atoms with E-state index in [9.17, 15) is 10.1 Å². The van der Waals surface area contributed by atoms with E-state index < -0.39 is 6.04 Å². The monoisotopic (exact) mass is 413 g/mol. The average molecular weight is 413 g/mol. The lowest BCUT2D eigenvalue weighted by Crippen LogP contribution is -2.28. The molecule has 2 aromatic heterocycles. The van der Waals surface area contributed by atoms with Gasteiger partial charge < -0.3 is 15.8 Å². The van der Waals surface area contributed by atoms with Crippen molar-refractivity contribution in [3.05, 3.63) is 76.5 Å². The van der Waals surface area contributed by atoms with Crippen LogP contribution in [0.25, 0.3) is 16.6 Å². The molecule has 9 nitrogen and oxygen atoms in total. The Morgan fingerprint density at radius 2 is 1.94 bits per heavy atom. The first kappa shape index (κ1) is 19.8. The van der Waals surface area contributed by atoms with Gasteiger partial charge in [0.25, 0.3) is 5.56 Å². The predicted molar refractivity (Wildman–Crippen MR) is 117 cm³/mol. The van der Waals surface area contributed by atoms with Crippen LogP contribution in [0.1, 0.15) is 24.4 Å². The summed E-state index contributed by atoms with van der Waals surface area (Å²) in [6.45, 7) is 1.83. The molecule has 0 spiro atoms. The summed E-state index contributed by atoms with van der Waals surface area (Å²) in [5.41, 5.74) is 6.82. The summed E-state index contributed by atoms with van der Waals surface area (Å²) in [5.74, 6) is 1.19. The number of fused-ring (bicyclic) bond motifs is 1. The summed E-state index contributed by atoms with van der Waals surface area (Å²) >= 11 is 0. The lowest BCUT2D eigenvalue weighted by atomic mass is 10.2. The van der Waals surface area contributed by atoms with Gasteiger partial charge in [-0.3, -0.25) is 9.36 Å².